The normalized spacial score (nSPS) is 11.7. The Morgan fingerprint density at radius 2 is 1.95 bits per heavy atom. The zero-order valence-electron chi connectivity index (χ0n) is 11.0. The summed E-state index contributed by atoms with van der Waals surface area (Å²) >= 11 is 4.61. The third-order valence-corrected chi connectivity index (χ3v) is 6.01. The first-order chi connectivity index (χ1) is 9.95. The molecule has 0 aliphatic carbocycles. The van der Waals surface area contributed by atoms with Crippen LogP contribution in [0.3, 0.4) is 0 Å². The zero-order chi connectivity index (χ0) is 15.0. The van der Waals surface area contributed by atoms with E-state index in [4.69, 9.17) is 0 Å². The second-order valence-electron chi connectivity index (χ2n) is 4.50. The standard InChI is InChI=1S/C14H11BrN2O2S2/c1-9-6-7-10(15)8-13(9)21(18,19)17-14-16-11-4-2-3-5-12(11)20-14/h2-8H,1H3,(H,16,17). The fraction of sp³-hybridized carbons (Fsp3) is 0.0714. The Labute approximate surface area is 135 Å². The summed E-state index contributed by atoms with van der Waals surface area (Å²) in [6.07, 6.45) is 0. The van der Waals surface area contributed by atoms with Gasteiger partial charge in [0.15, 0.2) is 5.13 Å². The molecule has 108 valence electrons. The molecule has 0 fully saturated rings. The molecule has 7 heteroatoms. The van der Waals surface area contributed by atoms with Crippen molar-refractivity contribution in [2.45, 2.75) is 11.8 Å². The first-order valence-electron chi connectivity index (χ1n) is 6.10. The van der Waals surface area contributed by atoms with Crippen LogP contribution in [-0.4, -0.2) is 13.4 Å². The van der Waals surface area contributed by atoms with E-state index in [1.54, 1.807) is 19.1 Å². The van der Waals surface area contributed by atoms with Crippen molar-refractivity contribution in [2.75, 3.05) is 4.72 Å². The Kier molecular flexibility index (Phi) is 3.73. The number of rotatable bonds is 3. The van der Waals surface area contributed by atoms with E-state index in [0.29, 0.717) is 10.7 Å². The number of sulfonamides is 1. The molecule has 0 aliphatic heterocycles. The van der Waals surface area contributed by atoms with Crippen LogP contribution >= 0.6 is 27.3 Å². The smallest absolute Gasteiger partial charge is 0.255 e. The molecule has 3 rings (SSSR count). The van der Waals surface area contributed by atoms with Crippen LogP contribution in [0.25, 0.3) is 10.2 Å². The lowest BCUT2D eigenvalue weighted by atomic mass is 10.2. The topological polar surface area (TPSA) is 59.1 Å². The minimum atomic E-state index is -3.65. The van der Waals surface area contributed by atoms with Gasteiger partial charge in [0, 0.05) is 4.47 Å². The van der Waals surface area contributed by atoms with Gasteiger partial charge in [0.1, 0.15) is 0 Å². The van der Waals surface area contributed by atoms with Crippen molar-refractivity contribution in [3.63, 3.8) is 0 Å². The number of nitrogens with zero attached hydrogens (tertiary/aromatic N) is 1. The zero-order valence-corrected chi connectivity index (χ0v) is 14.2. The fourth-order valence-electron chi connectivity index (χ4n) is 1.95. The monoisotopic (exact) mass is 382 g/mol. The summed E-state index contributed by atoms with van der Waals surface area (Å²) in [6, 6.07) is 12.7. The lowest BCUT2D eigenvalue weighted by Crippen LogP contribution is -2.14. The van der Waals surface area contributed by atoms with Crippen molar-refractivity contribution in [1.29, 1.82) is 0 Å². The Morgan fingerprint density at radius 1 is 1.19 bits per heavy atom. The van der Waals surface area contributed by atoms with Crippen LogP contribution in [0.15, 0.2) is 51.8 Å². The molecule has 0 amide bonds. The number of halogens is 1. The second kappa shape index (κ2) is 5.40. The van der Waals surface area contributed by atoms with E-state index in [1.807, 2.05) is 30.3 Å². The quantitative estimate of drug-likeness (QED) is 0.739. The van der Waals surface area contributed by atoms with E-state index < -0.39 is 10.0 Å². The van der Waals surface area contributed by atoms with Crippen LogP contribution in [0, 0.1) is 6.92 Å². The number of hydrogen-bond acceptors (Lipinski definition) is 4. The summed E-state index contributed by atoms with van der Waals surface area (Å²) < 4.78 is 29.2. The predicted octanol–water partition coefficient (Wildman–Crippen LogP) is 4.17. The molecular formula is C14H11BrN2O2S2. The fourth-order valence-corrected chi connectivity index (χ4v) is 4.83. The first-order valence-corrected chi connectivity index (χ1v) is 9.19. The number of aromatic nitrogens is 1. The van der Waals surface area contributed by atoms with Gasteiger partial charge in [-0.15, -0.1) is 0 Å². The van der Waals surface area contributed by atoms with Gasteiger partial charge in [-0.05, 0) is 36.8 Å². The Morgan fingerprint density at radius 3 is 2.71 bits per heavy atom. The average Bonchev–Trinajstić information content (AvgIpc) is 2.82. The number of para-hydroxylation sites is 1. The second-order valence-corrected chi connectivity index (χ2v) is 8.10. The molecule has 4 nitrogen and oxygen atoms in total. The number of aryl methyl sites for hydroxylation is 1. The van der Waals surface area contributed by atoms with Gasteiger partial charge in [-0.3, -0.25) is 4.72 Å². The molecule has 0 bridgehead atoms. The van der Waals surface area contributed by atoms with Gasteiger partial charge in [-0.1, -0.05) is 45.5 Å². The average molecular weight is 383 g/mol. The Bertz CT molecular complexity index is 887. The van der Waals surface area contributed by atoms with Gasteiger partial charge in [-0.2, -0.15) is 0 Å². The van der Waals surface area contributed by atoms with Crippen molar-refractivity contribution in [3.05, 3.63) is 52.5 Å². The lowest BCUT2D eigenvalue weighted by molar-refractivity contribution is 0.600. The highest BCUT2D eigenvalue weighted by Crippen LogP contribution is 2.28. The van der Waals surface area contributed by atoms with E-state index >= 15 is 0 Å². The minimum Gasteiger partial charge on any atom is -0.255 e. The van der Waals surface area contributed by atoms with Gasteiger partial charge in [0.2, 0.25) is 0 Å². The number of thiazole rings is 1. The molecule has 1 N–H and O–H groups in total. The molecule has 0 saturated carbocycles. The van der Waals surface area contributed by atoms with Crippen molar-refractivity contribution < 1.29 is 8.42 Å². The van der Waals surface area contributed by atoms with E-state index in [0.717, 1.165) is 14.7 Å². The minimum absolute atomic E-state index is 0.246. The largest absolute Gasteiger partial charge is 0.263 e. The molecule has 3 aromatic rings. The van der Waals surface area contributed by atoms with E-state index in [9.17, 15) is 8.42 Å². The van der Waals surface area contributed by atoms with Crippen LogP contribution in [0.4, 0.5) is 5.13 Å². The van der Waals surface area contributed by atoms with Crippen LogP contribution < -0.4 is 4.72 Å². The molecule has 2 aromatic carbocycles. The van der Waals surface area contributed by atoms with E-state index in [2.05, 4.69) is 25.6 Å². The van der Waals surface area contributed by atoms with Gasteiger partial charge in [0.05, 0.1) is 15.1 Å². The molecule has 21 heavy (non-hydrogen) atoms. The Hall–Kier alpha value is -1.44. The summed E-state index contributed by atoms with van der Waals surface area (Å²) in [5.41, 5.74) is 1.47. The van der Waals surface area contributed by atoms with Crippen molar-refractivity contribution in [2.24, 2.45) is 0 Å². The molecule has 1 heterocycles. The molecule has 0 unspecified atom stereocenters. The SMILES string of the molecule is Cc1ccc(Br)cc1S(=O)(=O)Nc1nc2ccccc2s1. The third-order valence-electron chi connectivity index (χ3n) is 2.96. The summed E-state index contributed by atoms with van der Waals surface area (Å²) in [7, 11) is -3.65. The molecule has 0 spiro atoms. The predicted molar refractivity (Wildman–Crippen MR) is 89.3 cm³/mol. The van der Waals surface area contributed by atoms with Gasteiger partial charge in [-0.25, -0.2) is 13.4 Å². The maximum atomic E-state index is 12.5. The van der Waals surface area contributed by atoms with Gasteiger partial charge in [0.25, 0.3) is 10.0 Å². The van der Waals surface area contributed by atoms with Crippen LogP contribution in [0.2, 0.25) is 0 Å². The van der Waals surface area contributed by atoms with Gasteiger partial charge >= 0.3 is 0 Å². The van der Waals surface area contributed by atoms with Crippen LogP contribution in [0.1, 0.15) is 5.56 Å². The van der Waals surface area contributed by atoms with E-state index in [-0.39, 0.29) is 4.90 Å². The molecule has 0 saturated heterocycles. The van der Waals surface area contributed by atoms with Crippen molar-refractivity contribution in [1.82, 2.24) is 4.98 Å². The van der Waals surface area contributed by atoms with Crippen molar-refractivity contribution in [3.8, 4) is 0 Å². The maximum absolute atomic E-state index is 12.5. The summed E-state index contributed by atoms with van der Waals surface area (Å²) in [5.74, 6) is 0. The van der Waals surface area contributed by atoms with Crippen LogP contribution in [0.5, 0.6) is 0 Å². The number of nitrogens with one attached hydrogen (secondary N) is 1. The number of fused-ring (bicyclic) bond motifs is 1. The molecule has 1 aromatic heterocycles. The highest BCUT2D eigenvalue weighted by molar-refractivity contribution is 9.10. The molecule has 0 radical (unpaired) electrons. The summed E-state index contributed by atoms with van der Waals surface area (Å²) in [4.78, 5) is 4.54. The molecule has 0 atom stereocenters. The molecular weight excluding hydrogens is 372 g/mol. The number of hydrogen-bond donors (Lipinski definition) is 1. The molecule has 0 aliphatic rings. The van der Waals surface area contributed by atoms with Gasteiger partial charge < -0.3 is 0 Å². The van der Waals surface area contributed by atoms with Crippen molar-refractivity contribution >= 4 is 52.6 Å². The third kappa shape index (κ3) is 2.95. The lowest BCUT2D eigenvalue weighted by Gasteiger charge is -2.08. The maximum Gasteiger partial charge on any atom is 0.263 e. The van der Waals surface area contributed by atoms with Crippen LogP contribution in [-0.2, 0) is 10.0 Å². The Balaban J connectivity index is 2.01. The summed E-state index contributed by atoms with van der Waals surface area (Å²) in [5, 5.41) is 0.371. The van der Waals surface area contributed by atoms with E-state index in [1.165, 1.54) is 11.3 Å². The highest BCUT2D eigenvalue weighted by atomic mass is 79.9. The first kappa shape index (κ1) is 14.5. The number of benzene rings is 2. The highest BCUT2D eigenvalue weighted by Gasteiger charge is 2.19. The summed E-state index contributed by atoms with van der Waals surface area (Å²) in [6.45, 7) is 1.76. The number of anilines is 1.